The van der Waals surface area contributed by atoms with Gasteiger partial charge < -0.3 is 4.52 Å². The molecule has 1 atom stereocenters. The Balaban J connectivity index is 0.000000239. The van der Waals surface area contributed by atoms with E-state index in [4.69, 9.17) is 4.52 Å². The van der Waals surface area contributed by atoms with Crippen LogP contribution in [0.1, 0.15) is 90.0 Å². The lowest BCUT2D eigenvalue weighted by Crippen LogP contribution is -2.27. The number of aromatic nitrogens is 1. The molecule has 0 aliphatic heterocycles. The van der Waals surface area contributed by atoms with Gasteiger partial charge in [-0.05, 0) is 73.8 Å². The molecule has 1 fully saturated rings. The molecule has 4 nitrogen and oxygen atoms in total. The lowest BCUT2D eigenvalue weighted by molar-refractivity contribution is 0.142. The Bertz CT molecular complexity index is 1320. The van der Waals surface area contributed by atoms with E-state index >= 15 is 0 Å². The number of benzene rings is 1. The summed E-state index contributed by atoms with van der Waals surface area (Å²) in [5.41, 5.74) is 4.39. The van der Waals surface area contributed by atoms with Crippen LogP contribution in [-0.4, -0.2) is 19.8 Å². The zero-order valence-electron chi connectivity index (χ0n) is 23.1. The normalized spacial score (nSPS) is 18.1. The molecule has 4 rings (SSSR count). The van der Waals surface area contributed by atoms with Crippen LogP contribution in [0.3, 0.4) is 0 Å². The average Bonchev–Trinajstić information content (AvgIpc) is 3.08. The number of rotatable bonds is 3. The van der Waals surface area contributed by atoms with Gasteiger partial charge in [0.25, 0.3) is 0 Å². The first-order valence-electron chi connectivity index (χ1n) is 13.2. The molecular weight excluding hydrogens is 466 g/mol. The van der Waals surface area contributed by atoms with Crippen LogP contribution in [0.2, 0.25) is 0 Å². The molecule has 1 aromatic carbocycles. The molecule has 0 saturated heterocycles. The van der Waals surface area contributed by atoms with Crippen molar-refractivity contribution in [2.75, 3.05) is 6.26 Å². The summed E-state index contributed by atoms with van der Waals surface area (Å²) in [7, 11) is -3.18. The van der Waals surface area contributed by atoms with Crippen molar-refractivity contribution in [2.45, 2.75) is 86.5 Å². The molecule has 1 saturated carbocycles. The van der Waals surface area contributed by atoms with Gasteiger partial charge in [0.2, 0.25) is 0 Å². The number of nitrogens with zero attached hydrogens (tertiary/aromatic N) is 1. The molecule has 0 radical (unpaired) electrons. The molecule has 2 aromatic rings. The quantitative estimate of drug-likeness (QED) is 0.469. The van der Waals surface area contributed by atoms with E-state index in [1.54, 1.807) is 12.2 Å². The second kappa shape index (κ2) is 13.7. The van der Waals surface area contributed by atoms with Crippen LogP contribution >= 0.6 is 0 Å². The van der Waals surface area contributed by atoms with Gasteiger partial charge in [-0.1, -0.05) is 82.7 Å². The van der Waals surface area contributed by atoms with Crippen LogP contribution < -0.4 is 10.6 Å². The summed E-state index contributed by atoms with van der Waals surface area (Å²) in [5, 5.41) is 4.70. The summed E-state index contributed by atoms with van der Waals surface area (Å²) in [6.07, 6.45) is 14.2. The minimum absolute atomic E-state index is 0.334. The molecule has 1 unspecified atom stereocenters. The minimum atomic E-state index is -3.18. The Morgan fingerprint density at radius 2 is 1.92 bits per heavy atom. The number of hydrogen-bond acceptors (Lipinski definition) is 4. The summed E-state index contributed by atoms with van der Waals surface area (Å²) in [6, 6.07) is 8.48. The first kappa shape index (κ1) is 29.6. The van der Waals surface area contributed by atoms with Crippen molar-refractivity contribution in [3.8, 4) is 11.8 Å². The standard InChI is InChI=1S/C18H24.C11H13NO3S.C2H6/c1-15-8-6-9-16(14-15)10-7-12-17-11-4-5-13-18(17,2)3;1-3-10-9-7-8(16(2,13)14)5-4-6-11(9)15-12-10;1-2/h6,8-9,14,17H,4-5,11-13H2,1-3H3;5-7H,3-4H2,1-2H3;1-2H3. The summed E-state index contributed by atoms with van der Waals surface area (Å²) >= 11 is 0. The third kappa shape index (κ3) is 8.52. The van der Waals surface area contributed by atoms with Crippen molar-refractivity contribution in [2.24, 2.45) is 11.3 Å². The number of aryl methyl sites for hydroxylation is 2. The minimum Gasteiger partial charge on any atom is -0.356 e. The molecule has 5 heteroatoms. The Kier molecular flexibility index (Phi) is 11.2. The maximum Gasteiger partial charge on any atom is 0.175 e. The summed E-state index contributed by atoms with van der Waals surface area (Å²) < 4.78 is 28.2. The second-order valence-corrected chi connectivity index (χ2v) is 12.0. The van der Waals surface area contributed by atoms with Crippen LogP contribution in [-0.2, 0) is 16.3 Å². The molecule has 0 spiro atoms. The fraction of sp³-hybridized carbons (Fsp3) is 0.516. The second-order valence-electron chi connectivity index (χ2n) is 10.0. The highest BCUT2D eigenvalue weighted by molar-refractivity contribution is 7.95. The number of hydrogen-bond donors (Lipinski definition) is 0. The van der Waals surface area contributed by atoms with E-state index in [0.29, 0.717) is 22.2 Å². The monoisotopic (exact) mass is 509 g/mol. The smallest absolute Gasteiger partial charge is 0.175 e. The highest BCUT2D eigenvalue weighted by Gasteiger charge is 2.31. The van der Waals surface area contributed by atoms with E-state index in [-0.39, 0.29) is 0 Å². The van der Waals surface area contributed by atoms with Crippen molar-refractivity contribution >= 4 is 22.0 Å². The molecule has 1 aromatic heterocycles. The van der Waals surface area contributed by atoms with Crippen LogP contribution in [0.15, 0.2) is 39.8 Å². The largest absolute Gasteiger partial charge is 0.356 e. The van der Waals surface area contributed by atoms with Gasteiger partial charge in [0.05, 0.1) is 10.6 Å². The van der Waals surface area contributed by atoms with Crippen LogP contribution in [0, 0.1) is 30.1 Å². The van der Waals surface area contributed by atoms with E-state index < -0.39 is 9.84 Å². The number of fused-ring (bicyclic) bond motifs is 1. The van der Waals surface area contributed by atoms with Crippen molar-refractivity contribution < 1.29 is 12.9 Å². The molecule has 1 heterocycles. The summed E-state index contributed by atoms with van der Waals surface area (Å²) in [6.45, 7) is 12.9. The highest BCUT2D eigenvalue weighted by atomic mass is 32.2. The fourth-order valence-electron chi connectivity index (χ4n) is 4.59. The van der Waals surface area contributed by atoms with Crippen molar-refractivity contribution in [3.05, 3.63) is 62.7 Å². The Morgan fingerprint density at radius 1 is 1.17 bits per heavy atom. The predicted molar refractivity (Wildman–Crippen MR) is 151 cm³/mol. The zero-order valence-corrected chi connectivity index (χ0v) is 24.0. The summed E-state index contributed by atoms with van der Waals surface area (Å²) in [5.74, 6) is 7.51. The SMILES string of the molecule is CC.CCc1noc2c1=CC(S(C)(=O)=O)=CCC=2.Cc1cccc(C#CCC2CCCCC2(C)C)c1. The van der Waals surface area contributed by atoms with E-state index in [1.807, 2.05) is 26.8 Å². The topological polar surface area (TPSA) is 60.2 Å². The lowest BCUT2D eigenvalue weighted by atomic mass is 9.68. The van der Waals surface area contributed by atoms with Crippen LogP contribution in [0.5, 0.6) is 0 Å². The first-order valence-corrected chi connectivity index (χ1v) is 15.1. The molecule has 2 aliphatic rings. The summed E-state index contributed by atoms with van der Waals surface area (Å²) in [4.78, 5) is 0.334. The molecule has 36 heavy (non-hydrogen) atoms. The fourth-order valence-corrected chi connectivity index (χ4v) is 5.32. The van der Waals surface area contributed by atoms with Crippen molar-refractivity contribution in [3.63, 3.8) is 0 Å². The van der Waals surface area contributed by atoms with Gasteiger partial charge in [0, 0.05) is 23.5 Å². The van der Waals surface area contributed by atoms with Gasteiger partial charge in [0.1, 0.15) is 0 Å². The Labute approximate surface area is 218 Å². The van der Waals surface area contributed by atoms with Crippen molar-refractivity contribution in [1.29, 1.82) is 0 Å². The van der Waals surface area contributed by atoms with Gasteiger partial charge in [-0.15, -0.1) is 0 Å². The van der Waals surface area contributed by atoms with E-state index in [2.05, 4.69) is 62.0 Å². The van der Waals surface area contributed by atoms with Crippen LogP contribution in [0.25, 0.3) is 12.2 Å². The molecule has 196 valence electrons. The number of allylic oxidation sites excluding steroid dienone is 2. The van der Waals surface area contributed by atoms with E-state index in [9.17, 15) is 8.42 Å². The van der Waals surface area contributed by atoms with E-state index in [1.165, 1.54) is 37.5 Å². The molecule has 2 aliphatic carbocycles. The molecule has 0 amide bonds. The van der Waals surface area contributed by atoms with Gasteiger partial charge >= 0.3 is 0 Å². The van der Waals surface area contributed by atoms with Crippen molar-refractivity contribution in [1.82, 2.24) is 5.16 Å². The predicted octanol–water partition coefficient (Wildman–Crippen LogP) is 6.11. The Hall–Kier alpha value is -2.58. The third-order valence-corrected chi connectivity index (χ3v) is 7.97. The molecule has 0 N–H and O–H groups in total. The van der Waals surface area contributed by atoms with Gasteiger partial charge in [-0.3, -0.25) is 0 Å². The maximum atomic E-state index is 11.5. The van der Waals surface area contributed by atoms with Crippen LogP contribution in [0.4, 0.5) is 0 Å². The van der Waals surface area contributed by atoms with Gasteiger partial charge in [-0.2, -0.15) is 0 Å². The third-order valence-electron chi connectivity index (χ3n) is 6.83. The lowest BCUT2D eigenvalue weighted by Gasteiger charge is -2.37. The molecule has 0 bridgehead atoms. The van der Waals surface area contributed by atoms with E-state index in [0.717, 1.165) is 35.2 Å². The maximum absolute atomic E-state index is 11.5. The highest BCUT2D eigenvalue weighted by Crippen LogP contribution is 2.42. The average molecular weight is 510 g/mol. The Morgan fingerprint density at radius 3 is 2.56 bits per heavy atom. The van der Waals surface area contributed by atoms with Gasteiger partial charge in [-0.25, -0.2) is 8.42 Å². The zero-order chi connectivity index (χ0) is 26.8. The first-order chi connectivity index (χ1) is 17.1. The number of sulfone groups is 1. The molecular formula is C31H43NO3S. The van der Waals surface area contributed by atoms with Gasteiger partial charge in [0.15, 0.2) is 15.3 Å².